The fraction of sp³-hybridized carbons (Fsp3) is 0.333. The summed E-state index contributed by atoms with van der Waals surface area (Å²) < 4.78 is 5.49. The number of aromatic nitrogens is 2. The van der Waals surface area contributed by atoms with Crippen molar-refractivity contribution >= 4 is 35.1 Å². The van der Waals surface area contributed by atoms with Crippen molar-refractivity contribution in [1.82, 2.24) is 10.2 Å². The van der Waals surface area contributed by atoms with E-state index in [1.807, 2.05) is 25.1 Å². The highest BCUT2D eigenvalue weighted by molar-refractivity contribution is 7.99. The van der Waals surface area contributed by atoms with Gasteiger partial charge >= 0.3 is 0 Å². The molecule has 0 aliphatic heterocycles. The highest BCUT2D eigenvalue weighted by atomic mass is 32.2. The zero-order chi connectivity index (χ0) is 18.4. The lowest BCUT2D eigenvalue weighted by Gasteiger charge is -2.11. The van der Waals surface area contributed by atoms with E-state index in [1.54, 1.807) is 18.2 Å². The molecule has 2 aromatic rings. The molecule has 136 valence electrons. The molecule has 0 unspecified atom stereocenters. The Morgan fingerprint density at radius 2 is 1.96 bits per heavy atom. The Labute approximate surface area is 155 Å². The van der Waals surface area contributed by atoms with Crippen LogP contribution in [0.5, 0.6) is 5.75 Å². The third kappa shape index (κ3) is 5.19. The van der Waals surface area contributed by atoms with Crippen LogP contribution in [0.4, 0.5) is 11.5 Å². The normalized spacial score (nSPS) is 13.1. The van der Waals surface area contributed by atoms with Gasteiger partial charge in [-0.15, -0.1) is 10.2 Å². The Morgan fingerprint density at radius 1 is 1.15 bits per heavy atom. The van der Waals surface area contributed by atoms with Crippen LogP contribution in [0.1, 0.15) is 19.8 Å². The summed E-state index contributed by atoms with van der Waals surface area (Å²) in [7, 11) is 0. The maximum atomic E-state index is 12.1. The molecule has 3 rings (SSSR count). The number of anilines is 2. The van der Waals surface area contributed by atoms with Crippen LogP contribution in [-0.2, 0) is 9.59 Å². The number of ether oxygens (including phenoxy) is 1. The summed E-state index contributed by atoms with van der Waals surface area (Å²) in [6, 6.07) is 10.7. The summed E-state index contributed by atoms with van der Waals surface area (Å²) in [6.45, 7) is 2.42. The van der Waals surface area contributed by atoms with Crippen LogP contribution in [-0.4, -0.2) is 34.4 Å². The van der Waals surface area contributed by atoms with E-state index in [-0.39, 0.29) is 23.5 Å². The van der Waals surface area contributed by atoms with E-state index in [1.165, 1.54) is 11.8 Å². The molecular weight excluding hydrogens is 352 g/mol. The van der Waals surface area contributed by atoms with Crippen molar-refractivity contribution in [2.24, 2.45) is 5.92 Å². The van der Waals surface area contributed by atoms with Gasteiger partial charge in [-0.3, -0.25) is 9.59 Å². The lowest BCUT2D eigenvalue weighted by Crippen LogP contribution is -2.15. The van der Waals surface area contributed by atoms with Gasteiger partial charge in [-0.25, -0.2) is 0 Å². The van der Waals surface area contributed by atoms with Crippen LogP contribution in [0.15, 0.2) is 41.4 Å². The van der Waals surface area contributed by atoms with E-state index in [4.69, 9.17) is 4.74 Å². The van der Waals surface area contributed by atoms with Crippen molar-refractivity contribution in [3.63, 3.8) is 0 Å². The lowest BCUT2D eigenvalue weighted by molar-refractivity contribution is -0.117. The van der Waals surface area contributed by atoms with Gasteiger partial charge in [-0.1, -0.05) is 23.9 Å². The van der Waals surface area contributed by atoms with Gasteiger partial charge < -0.3 is 15.4 Å². The molecule has 0 saturated heterocycles. The molecule has 1 saturated carbocycles. The Morgan fingerprint density at radius 3 is 2.65 bits per heavy atom. The highest BCUT2D eigenvalue weighted by Crippen LogP contribution is 2.30. The van der Waals surface area contributed by atoms with E-state index in [0.29, 0.717) is 28.9 Å². The third-order valence-corrected chi connectivity index (χ3v) is 4.57. The Bertz CT molecular complexity index is 778. The number of hydrogen-bond donors (Lipinski definition) is 2. The topological polar surface area (TPSA) is 93.2 Å². The molecule has 1 aliphatic carbocycles. The van der Waals surface area contributed by atoms with Crippen molar-refractivity contribution in [2.45, 2.75) is 24.8 Å². The van der Waals surface area contributed by atoms with Crippen molar-refractivity contribution in [1.29, 1.82) is 0 Å². The molecule has 1 aromatic heterocycles. The zero-order valence-corrected chi connectivity index (χ0v) is 15.2. The number of benzene rings is 1. The van der Waals surface area contributed by atoms with Crippen LogP contribution >= 0.6 is 11.8 Å². The number of carbonyl (C=O) groups excluding carboxylic acids is 2. The van der Waals surface area contributed by atoms with E-state index in [9.17, 15) is 9.59 Å². The smallest absolute Gasteiger partial charge is 0.234 e. The summed E-state index contributed by atoms with van der Waals surface area (Å²) >= 11 is 1.27. The average molecular weight is 372 g/mol. The van der Waals surface area contributed by atoms with Crippen LogP contribution < -0.4 is 15.4 Å². The minimum atomic E-state index is -0.157. The number of nitrogens with zero attached hydrogens (tertiary/aromatic N) is 2. The molecule has 1 aliphatic rings. The number of hydrogen-bond acceptors (Lipinski definition) is 6. The van der Waals surface area contributed by atoms with Gasteiger partial charge in [0.2, 0.25) is 11.8 Å². The summed E-state index contributed by atoms with van der Waals surface area (Å²) in [4.78, 5) is 23.8. The highest BCUT2D eigenvalue weighted by Gasteiger charge is 2.29. The SMILES string of the molecule is CCOc1ccccc1NC(=O)CSc1ccc(NC(=O)C2CC2)nn1. The summed E-state index contributed by atoms with van der Waals surface area (Å²) in [5, 5.41) is 14.2. The van der Waals surface area contributed by atoms with Gasteiger partial charge in [0.1, 0.15) is 10.8 Å². The fourth-order valence-electron chi connectivity index (χ4n) is 2.21. The molecular formula is C18H20N4O3S. The fourth-order valence-corrected chi connectivity index (χ4v) is 2.83. The molecule has 1 fully saturated rings. The van der Waals surface area contributed by atoms with Crippen LogP contribution in [0.25, 0.3) is 0 Å². The van der Waals surface area contributed by atoms with Gasteiger partial charge in [0, 0.05) is 5.92 Å². The van der Waals surface area contributed by atoms with Gasteiger partial charge in [0.05, 0.1) is 18.0 Å². The first-order valence-corrected chi connectivity index (χ1v) is 9.43. The van der Waals surface area contributed by atoms with E-state index in [2.05, 4.69) is 20.8 Å². The predicted molar refractivity (Wildman–Crippen MR) is 100 cm³/mol. The minimum Gasteiger partial charge on any atom is -0.492 e. The molecule has 0 bridgehead atoms. The summed E-state index contributed by atoms with van der Waals surface area (Å²) in [5.74, 6) is 1.23. The molecule has 8 heteroatoms. The zero-order valence-electron chi connectivity index (χ0n) is 14.4. The molecule has 2 amide bonds. The monoisotopic (exact) mass is 372 g/mol. The van der Waals surface area contributed by atoms with Crippen LogP contribution in [0.2, 0.25) is 0 Å². The number of rotatable bonds is 8. The Hall–Kier alpha value is -2.61. The second kappa shape index (κ2) is 8.66. The first-order chi connectivity index (χ1) is 12.7. The van der Waals surface area contributed by atoms with Crippen molar-refractivity contribution in [3.8, 4) is 5.75 Å². The van der Waals surface area contributed by atoms with Gasteiger partial charge in [-0.05, 0) is 44.0 Å². The maximum Gasteiger partial charge on any atom is 0.234 e. The maximum absolute atomic E-state index is 12.1. The Balaban J connectivity index is 1.49. The van der Waals surface area contributed by atoms with Gasteiger partial charge in [-0.2, -0.15) is 0 Å². The number of amides is 2. The number of thioether (sulfide) groups is 1. The summed E-state index contributed by atoms with van der Waals surface area (Å²) in [6.07, 6.45) is 1.88. The number of para-hydroxylation sites is 2. The standard InChI is InChI=1S/C18H20N4O3S/c1-2-25-14-6-4-3-5-13(14)19-16(23)11-26-17-10-9-15(21-22-17)20-18(24)12-7-8-12/h3-6,9-10,12H,2,7-8,11H2,1H3,(H,19,23)(H,20,21,24). The lowest BCUT2D eigenvalue weighted by atomic mass is 10.3. The molecule has 26 heavy (non-hydrogen) atoms. The largest absolute Gasteiger partial charge is 0.492 e. The van der Waals surface area contributed by atoms with Crippen LogP contribution in [0.3, 0.4) is 0 Å². The quantitative estimate of drug-likeness (QED) is 0.692. The molecule has 7 nitrogen and oxygen atoms in total. The van der Waals surface area contributed by atoms with E-state index in [0.717, 1.165) is 12.8 Å². The molecule has 1 heterocycles. The number of nitrogens with one attached hydrogen (secondary N) is 2. The molecule has 0 atom stereocenters. The summed E-state index contributed by atoms with van der Waals surface area (Å²) in [5.41, 5.74) is 0.643. The first kappa shape index (κ1) is 18.2. The molecule has 2 N–H and O–H groups in total. The van der Waals surface area contributed by atoms with Crippen molar-refractivity contribution in [3.05, 3.63) is 36.4 Å². The van der Waals surface area contributed by atoms with E-state index >= 15 is 0 Å². The van der Waals surface area contributed by atoms with Crippen LogP contribution in [0, 0.1) is 5.92 Å². The molecule has 0 radical (unpaired) electrons. The first-order valence-electron chi connectivity index (χ1n) is 8.44. The molecule has 0 spiro atoms. The predicted octanol–water partition coefficient (Wildman–Crippen LogP) is 2.95. The molecule has 1 aromatic carbocycles. The number of carbonyl (C=O) groups is 2. The second-order valence-corrected chi connectivity index (χ2v) is 6.78. The van der Waals surface area contributed by atoms with Gasteiger partial charge in [0.25, 0.3) is 0 Å². The second-order valence-electron chi connectivity index (χ2n) is 5.79. The third-order valence-electron chi connectivity index (χ3n) is 3.65. The minimum absolute atomic E-state index is 0.00737. The van der Waals surface area contributed by atoms with Gasteiger partial charge in [0.15, 0.2) is 5.82 Å². The Kier molecular flexibility index (Phi) is 6.06. The average Bonchev–Trinajstić information content (AvgIpc) is 3.48. The van der Waals surface area contributed by atoms with Crippen molar-refractivity contribution in [2.75, 3.05) is 23.0 Å². The van der Waals surface area contributed by atoms with E-state index < -0.39 is 0 Å². The van der Waals surface area contributed by atoms with Crippen molar-refractivity contribution < 1.29 is 14.3 Å².